The van der Waals surface area contributed by atoms with Crippen LogP contribution in [0.25, 0.3) is 10.9 Å². The number of hydrogen-bond acceptors (Lipinski definition) is 25. The van der Waals surface area contributed by atoms with Crippen LogP contribution in [-0.4, -0.2) is 255 Å². The SMILES string of the molecule is CCCCCCCCCC(=O)N[C@@H](Cc1c[nH]c2ccc(OC)cc12)C(=O)N[C@@H](CC(N)=O)C(=O)N[C@@H](CC(=O)O)C(=O)N[C@@H]1C(=O)NCC(=O)N[C@@H](CCCN)C(=O)N[C@@H](CC(=O)O)C(=O)N[C@H](C)C(=O)N[C@@H](CC(=O)O)C(=O)NCC(=O)N[C@H](CO)C(=O)N[C@@H]([C@@H](C)CC(=O)O)C(=O)N[C@@H](CC(=O)c2ccccc2N)C(=O)O[C@@H]1C. The number of carbonyl (C=O) groups is 20. The second kappa shape index (κ2) is 48.3. The van der Waals surface area contributed by atoms with Gasteiger partial charge in [-0.2, -0.15) is 0 Å². The molecule has 0 aliphatic carbocycles. The van der Waals surface area contributed by atoms with Crippen LogP contribution in [-0.2, 0) is 102 Å². The molecule has 1 saturated heterocycles. The number of Topliss-reactive ketones (excluding diaryl/α,β-unsaturated/α-hetero) is 1. The molecule has 14 amide bonds. The maximum absolute atomic E-state index is 14.9. The predicted octanol–water partition coefficient (Wildman–Crippen LogP) is -5.61. The van der Waals surface area contributed by atoms with Crippen LogP contribution in [0.5, 0.6) is 5.75 Å². The summed E-state index contributed by atoms with van der Waals surface area (Å²) in [6, 6.07) is -12.6. The maximum Gasteiger partial charge on any atom is 0.329 e. The van der Waals surface area contributed by atoms with Crippen molar-refractivity contribution in [1.29, 1.82) is 0 Å². The van der Waals surface area contributed by atoms with Gasteiger partial charge in [-0.25, -0.2) is 4.79 Å². The molecule has 2 aromatic carbocycles. The number of unbranched alkanes of at least 4 members (excludes halogenated alkanes) is 6. The number of esters is 1. The Morgan fingerprint density at radius 3 is 1.73 bits per heavy atom. The highest BCUT2D eigenvalue weighted by Crippen LogP contribution is 2.26. The topological polar surface area (TPSA) is 711 Å². The number of ether oxygens (including phenoxy) is 2. The number of fused-ring (bicyclic) bond motifs is 1. The number of carbonyl (C=O) groups excluding carboxylic acids is 16. The molecule has 25 N–H and O–H groups in total. The summed E-state index contributed by atoms with van der Waals surface area (Å²) in [6.07, 6.45) is -2.57. The van der Waals surface area contributed by atoms with Gasteiger partial charge in [0.2, 0.25) is 82.7 Å². The van der Waals surface area contributed by atoms with Gasteiger partial charge in [-0.05, 0) is 81.5 Å². The number of amides is 14. The number of ketones is 1. The number of nitrogen functional groups attached to an aromatic ring is 1. The highest BCUT2D eigenvalue weighted by atomic mass is 16.5. The minimum absolute atomic E-state index is 0.0386. The zero-order valence-corrected chi connectivity index (χ0v) is 64.9. The molecular weight excluding hydrogens is 1550 g/mol. The first kappa shape index (κ1) is 96.5. The lowest BCUT2D eigenvalue weighted by molar-refractivity contribution is -0.156. The number of aliphatic hydroxyl groups excluding tert-OH is 1. The molecular formula is C73H103N17O27. The molecule has 44 nitrogen and oxygen atoms in total. The van der Waals surface area contributed by atoms with Crippen LogP contribution >= 0.6 is 0 Å². The molecule has 13 atom stereocenters. The zero-order valence-electron chi connectivity index (χ0n) is 64.9. The van der Waals surface area contributed by atoms with E-state index in [0.717, 1.165) is 52.9 Å². The smallest absolute Gasteiger partial charge is 0.329 e. The van der Waals surface area contributed by atoms with E-state index in [2.05, 4.69) is 65.1 Å². The largest absolute Gasteiger partial charge is 0.497 e. The Bertz CT molecular complexity index is 4120. The van der Waals surface area contributed by atoms with Crippen LogP contribution < -0.4 is 91.1 Å². The molecule has 2 heterocycles. The van der Waals surface area contributed by atoms with Crippen LogP contribution in [0.1, 0.15) is 146 Å². The third-order valence-electron chi connectivity index (χ3n) is 18.2. The number of anilines is 1. The lowest BCUT2D eigenvalue weighted by atomic mass is 9.96. The number of benzene rings is 2. The highest BCUT2D eigenvalue weighted by Gasteiger charge is 2.41. The molecule has 0 radical (unpaired) electrons. The van der Waals surface area contributed by atoms with Gasteiger partial charge in [0, 0.05) is 47.6 Å². The Hall–Kier alpha value is -12.9. The Labute approximate surface area is 669 Å². The number of para-hydroxylation sites is 1. The van der Waals surface area contributed by atoms with E-state index in [1.54, 1.807) is 24.4 Å². The van der Waals surface area contributed by atoms with Crippen LogP contribution in [0.3, 0.4) is 0 Å². The van der Waals surface area contributed by atoms with E-state index in [4.69, 9.17) is 26.7 Å². The summed E-state index contributed by atoms with van der Waals surface area (Å²) >= 11 is 0. The molecule has 0 saturated carbocycles. The van der Waals surface area contributed by atoms with E-state index in [9.17, 15) is 121 Å². The second-order valence-corrected chi connectivity index (χ2v) is 27.6. The minimum atomic E-state index is -2.46. The number of aromatic nitrogens is 1. The lowest BCUT2D eigenvalue weighted by Crippen LogP contribution is -2.62. The molecule has 117 heavy (non-hydrogen) atoms. The number of aliphatic hydroxyl groups is 1. The fourth-order valence-corrected chi connectivity index (χ4v) is 11.9. The van der Waals surface area contributed by atoms with Gasteiger partial charge in [0.15, 0.2) is 5.78 Å². The number of carboxylic acids is 4. The fraction of sp³-hybridized carbons (Fsp3) is 0.534. The van der Waals surface area contributed by atoms with Gasteiger partial charge in [-0.1, -0.05) is 64.5 Å². The van der Waals surface area contributed by atoms with Crippen molar-refractivity contribution in [2.75, 3.05) is 39.1 Å². The van der Waals surface area contributed by atoms with Crippen LogP contribution in [0.2, 0.25) is 0 Å². The van der Waals surface area contributed by atoms with Gasteiger partial charge < -0.3 is 126 Å². The summed E-state index contributed by atoms with van der Waals surface area (Å²) in [4.78, 5) is 277. The van der Waals surface area contributed by atoms with Crippen molar-refractivity contribution in [3.05, 3.63) is 59.8 Å². The van der Waals surface area contributed by atoms with E-state index in [0.29, 0.717) is 35.1 Å². The van der Waals surface area contributed by atoms with E-state index < -0.39 is 261 Å². The van der Waals surface area contributed by atoms with Gasteiger partial charge >= 0.3 is 29.8 Å². The van der Waals surface area contributed by atoms with Crippen molar-refractivity contribution < 1.29 is 131 Å². The van der Waals surface area contributed by atoms with Crippen molar-refractivity contribution in [3.8, 4) is 5.75 Å². The Balaban J connectivity index is 1.88. The highest BCUT2D eigenvalue weighted by molar-refractivity contribution is 6.05. The molecule has 3 aromatic rings. The van der Waals surface area contributed by atoms with E-state index >= 15 is 0 Å². The summed E-state index contributed by atoms with van der Waals surface area (Å²) in [5.41, 5.74) is 18.0. The first-order valence-corrected chi connectivity index (χ1v) is 37.3. The summed E-state index contributed by atoms with van der Waals surface area (Å²) in [7, 11) is 1.42. The number of aliphatic carboxylic acids is 4. The van der Waals surface area contributed by atoms with E-state index in [1.165, 1.54) is 31.4 Å². The number of nitrogens with one attached hydrogen (secondary N) is 14. The van der Waals surface area contributed by atoms with Gasteiger partial charge in [0.1, 0.15) is 78.3 Å². The number of H-pyrrole nitrogens is 1. The number of cyclic esters (lactones) is 1. The van der Waals surface area contributed by atoms with Gasteiger partial charge in [0.25, 0.3) is 0 Å². The van der Waals surface area contributed by atoms with Crippen molar-refractivity contribution in [2.24, 2.45) is 17.4 Å². The molecule has 0 bridgehead atoms. The molecule has 1 aliphatic rings. The average molecular weight is 1650 g/mol. The number of primary amides is 1. The molecule has 642 valence electrons. The lowest BCUT2D eigenvalue weighted by Gasteiger charge is -2.30. The molecule has 1 aromatic heterocycles. The fourth-order valence-electron chi connectivity index (χ4n) is 11.9. The average Bonchev–Trinajstić information content (AvgIpc) is 1.63. The van der Waals surface area contributed by atoms with Crippen molar-refractivity contribution in [1.82, 2.24) is 74.1 Å². The summed E-state index contributed by atoms with van der Waals surface area (Å²) < 4.78 is 11.1. The van der Waals surface area contributed by atoms with E-state index in [1.807, 2.05) is 16.0 Å². The molecule has 1 fully saturated rings. The maximum atomic E-state index is 14.9. The number of methoxy groups -OCH3 is 1. The first-order valence-electron chi connectivity index (χ1n) is 37.3. The third-order valence-corrected chi connectivity index (χ3v) is 18.2. The Morgan fingerprint density at radius 1 is 0.581 bits per heavy atom. The van der Waals surface area contributed by atoms with E-state index in [-0.39, 0.29) is 37.1 Å². The van der Waals surface area contributed by atoms with Gasteiger partial charge in [0.05, 0.1) is 58.9 Å². The standard InChI is InChI=1S/C73H103N17O27/c1-6-7-8-9-10-11-12-19-54(94)82-45(24-38-31-77-43-21-20-39(116-5)25-41(38)43)67(109)85-46(27-53(76)93)68(110)87-49(30-60(103)104)69(111)90-62-37(4)117-73(115)50(26-52(92)40-16-13-14-17-42(40)75)88-72(114)61(35(2)23-57(97)98)89-70(112)51(34-91)83-56(96)32-78-64(106)47(28-58(99)100)84-63(105)36(3)80-66(108)48(29-59(101)102)86-65(107)44(18-15-22-74)81-55(95)33-79-71(62)113/h13-14,16-17,20-21,25,31,35-37,44-51,61-62,77,91H,6-12,15,18-19,22-24,26-30,32-34,74-75H2,1-5H3,(H2,76,93)(H,78,106)(H,79,113)(H,80,108)(H,81,95)(H,82,94)(H,83,96)(H,84,105)(H,85,109)(H,86,107)(H,87,110)(H,88,114)(H,89,112)(H,90,111)(H,97,98)(H,99,100)(H,101,102)(H,103,104)/t35-,36+,37+,44-,45-,46-,47-,48-,49-,50-,51+,61-,62-/m0/s1. The number of carboxylic acid groups (broad SMARTS) is 4. The molecule has 4 rings (SSSR count). The summed E-state index contributed by atoms with van der Waals surface area (Å²) in [6.45, 7) is 1.09. The quantitative estimate of drug-likeness (QED) is 0.0112. The first-order chi connectivity index (χ1) is 55.3. The van der Waals surface area contributed by atoms with Gasteiger partial charge in [-0.3, -0.25) is 91.1 Å². The number of rotatable bonds is 36. The molecule has 1 aliphatic heterocycles. The number of nitrogens with two attached hydrogens (primary N) is 3. The van der Waals surface area contributed by atoms with Crippen molar-refractivity contribution in [3.63, 3.8) is 0 Å². The zero-order chi connectivity index (χ0) is 87.3. The van der Waals surface area contributed by atoms with Crippen LogP contribution in [0.4, 0.5) is 5.69 Å². The Morgan fingerprint density at radius 2 is 1.14 bits per heavy atom. The third kappa shape index (κ3) is 32.9. The second-order valence-electron chi connectivity index (χ2n) is 27.6. The molecule has 0 spiro atoms. The Kier molecular flexibility index (Phi) is 39.9. The predicted molar refractivity (Wildman–Crippen MR) is 407 cm³/mol. The number of hydrogen-bond donors (Lipinski definition) is 22. The number of aromatic amines is 1. The normalized spacial score (nSPS) is 21.0. The van der Waals surface area contributed by atoms with Crippen molar-refractivity contribution in [2.45, 2.75) is 209 Å². The monoisotopic (exact) mass is 1650 g/mol. The van der Waals surface area contributed by atoms with Gasteiger partial charge in [-0.15, -0.1) is 0 Å². The van der Waals surface area contributed by atoms with Crippen molar-refractivity contribution >= 4 is 135 Å². The summed E-state index contributed by atoms with van der Waals surface area (Å²) in [5.74, 6) is -29.5. The summed E-state index contributed by atoms with van der Waals surface area (Å²) in [5, 5.41) is 78.6. The van der Waals surface area contributed by atoms with Crippen LogP contribution in [0, 0.1) is 5.92 Å². The molecule has 0 unspecified atom stereocenters. The molecule has 44 heteroatoms. The van der Waals surface area contributed by atoms with Crippen LogP contribution in [0.15, 0.2) is 48.7 Å². The minimum Gasteiger partial charge on any atom is -0.497 e.